The number of nitriles is 2. The fourth-order valence-corrected chi connectivity index (χ4v) is 0.0935. The topological polar surface area (TPSA) is 56.3 Å². The summed E-state index contributed by atoms with van der Waals surface area (Å²) in [6.45, 7) is 24.3. The summed E-state index contributed by atoms with van der Waals surface area (Å²) >= 11 is -0.344. The third kappa shape index (κ3) is 53.1. The number of rotatable bonds is 0. The van der Waals surface area contributed by atoms with Gasteiger partial charge in [-0.15, -0.1) is 0 Å². The van der Waals surface area contributed by atoms with Gasteiger partial charge < -0.3 is 9.69 Å². The quantitative estimate of drug-likeness (QED) is 0.506. The van der Waals surface area contributed by atoms with Gasteiger partial charge in [0.25, 0.3) is 0 Å². The van der Waals surface area contributed by atoms with Crippen molar-refractivity contribution in [2.75, 3.05) is 0 Å². The van der Waals surface area contributed by atoms with Crippen LogP contribution in [0.15, 0.2) is 0 Å². The van der Waals surface area contributed by atoms with E-state index < -0.39 is 0 Å². The van der Waals surface area contributed by atoms with Gasteiger partial charge in [0.05, 0.1) is 0 Å². The van der Waals surface area contributed by atoms with Crippen LogP contribution in [0.25, 0.3) is 9.69 Å². The van der Waals surface area contributed by atoms with Crippen molar-refractivity contribution in [3.05, 3.63) is 22.8 Å². The summed E-state index contributed by atoms with van der Waals surface area (Å²) in [6, 6.07) is 0. The molecular formula is C12H18N4Pd. The first-order valence-corrected chi connectivity index (χ1v) is 6.21. The molecule has 17 heavy (non-hydrogen) atoms. The molecule has 4 nitrogen and oxygen atoms in total. The Balaban J connectivity index is -0.000000174. The second kappa shape index (κ2) is 11.1. The normalized spacial score (nSPS) is 8.82. The van der Waals surface area contributed by atoms with Gasteiger partial charge in [-0.25, -0.2) is 13.1 Å². The average molecular weight is 325 g/mol. The first-order valence-electron chi connectivity index (χ1n) is 4.66. The van der Waals surface area contributed by atoms with Crippen LogP contribution in [0.1, 0.15) is 41.5 Å². The average Bonchev–Trinajstić information content (AvgIpc) is 2.19. The number of hydrogen-bond donors (Lipinski definition) is 0. The maximum atomic E-state index is 7.62. The molecule has 0 bridgehead atoms. The Morgan fingerprint density at radius 3 is 1.00 bits per heavy atom. The minimum atomic E-state index is -0.344. The first-order chi connectivity index (χ1) is 7.54. The van der Waals surface area contributed by atoms with Crippen molar-refractivity contribution < 1.29 is 18.0 Å². The van der Waals surface area contributed by atoms with Gasteiger partial charge in [0.1, 0.15) is 0 Å². The molecule has 0 spiro atoms. The third-order valence-corrected chi connectivity index (χ3v) is 1.09. The monoisotopic (exact) mass is 324 g/mol. The van der Waals surface area contributed by atoms with Gasteiger partial charge in [-0.1, -0.05) is 0 Å². The predicted molar refractivity (Wildman–Crippen MR) is 63.9 cm³/mol. The van der Waals surface area contributed by atoms with Crippen LogP contribution < -0.4 is 0 Å². The Bertz CT molecular complexity index is 311. The molecule has 0 aliphatic heterocycles. The van der Waals surface area contributed by atoms with E-state index >= 15 is 0 Å². The second-order valence-corrected chi connectivity index (χ2v) is 5.87. The molecular weight excluding hydrogens is 307 g/mol. The van der Waals surface area contributed by atoms with E-state index in [9.17, 15) is 0 Å². The van der Waals surface area contributed by atoms with E-state index in [2.05, 4.69) is 9.69 Å². The van der Waals surface area contributed by atoms with E-state index in [1.54, 1.807) is 9.08 Å². The van der Waals surface area contributed by atoms with Gasteiger partial charge in [-0.3, -0.25) is 0 Å². The zero-order valence-corrected chi connectivity index (χ0v) is 12.7. The van der Waals surface area contributed by atoms with Gasteiger partial charge in [0.2, 0.25) is 11.1 Å². The molecule has 0 aromatic rings. The van der Waals surface area contributed by atoms with Crippen molar-refractivity contribution in [3.63, 3.8) is 0 Å². The van der Waals surface area contributed by atoms with Crippen LogP contribution in [-0.2, 0) is 18.0 Å². The van der Waals surface area contributed by atoms with Gasteiger partial charge in [0, 0.05) is 41.5 Å². The Morgan fingerprint density at radius 1 is 0.824 bits per heavy atom. The van der Waals surface area contributed by atoms with E-state index in [0.29, 0.717) is 0 Å². The van der Waals surface area contributed by atoms with Crippen LogP contribution >= 0.6 is 0 Å². The number of nitrogens with zero attached hydrogens (tertiary/aromatic N) is 4. The molecule has 0 aliphatic carbocycles. The zero-order chi connectivity index (χ0) is 14.5. The van der Waals surface area contributed by atoms with Crippen molar-refractivity contribution in [3.8, 4) is 9.08 Å². The smallest absolute Gasteiger partial charge is 0.224 e. The summed E-state index contributed by atoms with van der Waals surface area (Å²) in [7, 11) is 0. The molecule has 0 N–H and O–H groups in total. The third-order valence-electron chi connectivity index (χ3n) is 0.742. The molecule has 0 radical (unpaired) electrons. The molecule has 0 heterocycles. The largest absolute Gasteiger partial charge is 0.311 e. The fourth-order valence-electron chi connectivity index (χ4n) is 0.0158. The standard InChI is InChI=1S/2C5H9N.2CN.Pd/c2*1-5(2,3)6-4;2*1-2;/h2*1-3H3;;;. The molecule has 0 fully saturated rings. The van der Waals surface area contributed by atoms with Crippen LogP contribution in [0.4, 0.5) is 0 Å². The first kappa shape index (κ1) is 21.0. The molecule has 0 rings (SSSR count). The van der Waals surface area contributed by atoms with Gasteiger partial charge in [-0.2, -0.15) is 0 Å². The molecule has 0 unspecified atom stereocenters. The molecule has 96 valence electrons. The van der Waals surface area contributed by atoms with E-state index in [1.807, 2.05) is 41.5 Å². The summed E-state index contributed by atoms with van der Waals surface area (Å²) < 4.78 is 3.41. The maximum Gasteiger partial charge on any atom is 0.224 e. The maximum absolute atomic E-state index is 7.62. The van der Waals surface area contributed by atoms with Crippen molar-refractivity contribution in [2.45, 2.75) is 52.6 Å². The fraction of sp³-hybridized carbons (Fsp3) is 0.667. The van der Waals surface area contributed by atoms with Gasteiger partial charge in [-0.05, 0) is 0 Å². The molecule has 0 atom stereocenters. The minimum Gasteiger partial charge on any atom is -0.311 e. The summed E-state index contributed by atoms with van der Waals surface area (Å²) in [5.41, 5.74) is -0.333. The zero-order valence-electron chi connectivity index (χ0n) is 11.1. The van der Waals surface area contributed by atoms with Crippen LogP contribution in [0.2, 0.25) is 0 Å². The second-order valence-electron chi connectivity index (χ2n) is 4.79. The van der Waals surface area contributed by atoms with Crippen LogP contribution in [0.3, 0.4) is 0 Å². The molecule has 0 aliphatic rings. The Kier molecular flexibility index (Phi) is 13.7. The molecule has 0 saturated carbocycles. The molecule has 0 amide bonds. The van der Waals surface area contributed by atoms with E-state index in [1.165, 1.54) is 0 Å². The van der Waals surface area contributed by atoms with Crippen molar-refractivity contribution >= 4 is 0 Å². The van der Waals surface area contributed by atoms with Crippen molar-refractivity contribution in [1.29, 1.82) is 10.5 Å². The van der Waals surface area contributed by atoms with Crippen LogP contribution in [0.5, 0.6) is 0 Å². The summed E-state index contributed by atoms with van der Waals surface area (Å²) in [4.78, 5) is 6.54. The minimum absolute atomic E-state index is 0.167. The Labute approximate surface area is 113 Å². The molecule has 0 aromatic carbocycles. The van der Waals surface area contributed by atoms with E-state index in [4.69, 9.17) is 23.7 Å². The Hall–Kier alpha value is -1.38. The predicted octanol–water partition coefficient (Wildman–Crippen LogP) is 3.44. The number of hydrogen-bond acceptors (Lipinski definition) is 2. The SMILES string of the molecule is N#[C][Pd][C]#N.[C-]#[N+]C(C)(C)C.[C-]#[N+]C(C)(C)C. The van der Waals surface area contributed by atoms with Gasteiger partial charge in [0.15, 0.2) is 0 Å². The Morgan fingerprint density at radius 2 is 1.00 bits per heavy atom. The van der Waals surface area contributed by atoms with E-state index in [0.717, 1.165) is 0 Å². The van der Waals surface area contributed by atoms with Crippen molar-refractivity contribution in [2.24, 2.45) is 0 Å². The molecule has 5 heteroatoms. The van der Waals surface area contributed by atoms with Crippen LogP contribution in [-0.4, -0.2) is 11.1 Å². The summed E-state index contributed by atoms with van der Waals surface area (Å²) in [5, 5.41) is 15.2. The molecule has 0 saturated heterocycles. The van der Waals surface area contributed by atoms with Crippen LogP contribution in [0, 0.1) is 32.8 Å². The molecule has 0 aromatic heterocycles. The van der Waals surface area contributed by atoms with E-state index in [-0.39, 0.29) is 29.1 Å². The summed E-state index contributed by atoms with van der Waals surface area (Å²) in [5.74, 6) is 0. The van der Waals surface area contributed by atoms with Crippen molar-refractivity contribution in [1.82, 2.24) is 0 Å². The summed E-state index contributed by atoms with van der Waals surface area (Å²) in [6.07, 6.45) is 0. The van der Waals surface area contributed by atoms with Gasteiger partial charge >= 0.3 is 37.6 Å².